The van der Waals surface area contributed by atoms with E-state index in [1.807, 2.05) is 0 Å². The Hall–Kier alpha value is -1.60. The first kappa shape index (κ1) is 11.9. The van der Waals surface area contributed by atoms with E-state index in [-0.39, 0.29) is 11.9 Å². The lowest BCUT2D eigenvalue weighted by Gasteiger charge is -2.20. The zero-order chi connectivity index (χ0) is 12.3. The summed E-state index contributed by atoms with van der Waals surface area (Å²) >= 11 is 5.76. The molecule has 0 aromatic carbocycles. The van der Waals surface area contributed by atoms with Crippen molar-refractivity contribution in [2.45, 2.75) is 25.3 Å². The van der Waals surface area contributed by atoms with Crippen molar-refractivity contribution in [2.75, 3.05) is 6.54 Å². The molecule has 4 nitrogen and oxygen atoms in total. The predicted octanol–water partition coefficient (Wildman–Crippen LogP) is 2.25. The van der Waals surface area contributed by atoms with E-state index in [1.165, 1.54) is 0 Å². The molecule has 0 aliphatic heterocycles. The van der Waals surface area contributed by atoms with Gasteiger partial charge in [0.25, 0.3) is 5.91 Å². The number of halogens is 1. The van der Waals surface area contributed by atoms with E-state index < -0.39 is 0 Å². The fourth-order valence-corrected chi connectivity index (χ4v) is 1.84. The number of pyridine rings is 1. The standard InChI is InChI=1S/C12H12ClN3O/c13-11-4-1-3-10(15-11)12(17)16(8-2-7-14)9-5-6-9/h1,3-4,9H,2,5-6,8H2. The molecule has 5 heteroatoms. The van der Waals surface area contributed by atoms with Gasteiger partial charge in [0.15, 0.2) is 0 Å². The molecule has 1 aromatic heterocycles. The molecule has 1 aromatic rings. The van der Waals surface area contributed by atoms with Gasteiger partial charge in [0.2, 0.25) is 0 Å². The Balaban J connectivity index is 2.13. The fourth-order valence-electron chi connectivity index (χ4n) is 1.68. The van der Waals surface area contributed by atoms with Crippen molar-refractivity contribution in [3.8, 4) is 6.07 Å². The van der Waals surface area contributed by atoms with Crippen LogP contribution in [0.1, 0.15) is 29.8 Å². The Labute approximate surface area is 105 Å². The molecule has 1 saturated carbocycles. The average Bonchev–Trinajstić information content (AvgIpc) is 3.14. The van der Waals surface area contributed by atoms with Crippen LogP contribution in [0.2, 0.25) is 5.15 Å². The number of rotatable bonds is 4. The monoisotopic (exact) mass is 249 g/mol. The van der Waals surface area contributed by atoms with Gasteiger partial charge in [0.1, 0.15) is 10.8 Å². The van der Waals surface area contributed by atoms with E-state index >= 15 is 0 Å². The van der Waals surface area contributed by atoms with Crippen LogP contribution in [0.25, 0.3) is 0 Å². The Morgan fingerprint density at radius 3 is 2.94 bits per heavy atom. The van der Waals surface area contributed by atoms with Gasteiger partial charge in [-0.1, -0.05) is 17.7 Å². The molecule has 0 saturated heterocycles. The number of carbonyl (C=O) groups is 1. The summed E-state index contributed by atoms with van der Waals surface area (Å²) < 4.78 is 0. The van der Waals surface area contributed by atoms with Gasteiger partial charge in [0.05, 0.1) is 12.5 Å². The second-order valence-corrected chi connectivity index (χ2v) is 4.37. The van der Waals surface area contributed by atoms with Crippen molar-refractivity contribution < 1.29 is 4.79 Å². The van der Waals surface area contributed by atoms with Crippen LogP contribution < -0.4 is 0 Å². The molecule has 17 heavy (non-hydrogen) atoms. The molecule has 0 atom stereocenters. The van der Waals surface area contributed by atoms with Crippen LogP contribution in [0.3, 0.4) is 0 Å². The third-order valence-corrected chi connectivity index (χ3v) is 2.86. The van der Waals surface area contributed by atoms with Gasteiger partial charge in [-0.3, -0.25) is 4.79 Å². The third-order valence-electron chi connectivity index (χ3n) is 2.65. The van der Waals surface area contributed by atoms with E-state index in [1.54, 1.807) is 23.1 Å². The van der Waals surface area contributed by atoms with E-state index in [4.69, 9.17) is 16.9 Å². The van der Waals surface area contributed by atoms with Gasteiger partial charge >= 0.3 is 0 Å². The number of nitriles is 1. The van der Waals surface area contributed by atoms with Crippen LogP contribution in [0.4, 0.5) is 0 Å². The maximum atomic E-state index is 12.2. The molecule has 1 aliphatic rings. The van der Waals surface area contributed by atoms with Crippen molar-refractivity contribution in [3.05, 3.63) is 29.0 Å². The van der Waals surface area contributed by atoms with Gasteiger partial charge in [-0.25, -0.2) is 4.98 Å². The summed E-state index contributed by atoms with van der Waals surface area (Å²) in [6.07, 6.45) is 2.37. The maximum absolute atomic E-state index is 12.2. The molecule has 88 valence electrons. The van der Waals surface area contributed by atoms with Crippen LogP contribution >= 0.6 is 11.6 Å². The van der Waals surface area contributed by atoms with Gasteiger partial charge in [-0.05, 0) is 25.0 Å². The molecule has 1 aliphatic carbocycles. The Kier molecular flexibility index (Phi) is 3.60. The highest BCUT2D eigenvalue weighted by Crippen LogP contribution is 2.28. The summed E-state index contributed by atoms with van der Waals surface area (Å²) in [7, 11) is 0. The van der Waals surface area contributed by atoms with Gasteiger partial charge in [0, 0.05) is 12.6 Å². The Morgan fingerprint density at radius 1 is 1.59 bits per heavy atom. The minimum atomic E-state index is -0.134. The summed E-state index contributed by atoms with van der Waals surface area (Å²) in [5, 5.41) is 8.90. The number of nitrogens with zero attached hydrogens (tertiary/aromatic N) is 3. The zero-order valence-corrected chi connectivity index (χ0v) is 10.0. The zero-order valence-electron chi connectivity index (χ0n) is 9.27. The summed E-state index contributed by atoms with van der Waals surface area (Å²) in [6, 6.07) is 7.32. The highest BCUT2D eigenvalue weighted by Gasteiger charge is 2.33. The van der Waals surface area contributed by atoms with Crippen molar-refractivity contribution in [1.82, 2.24) is 9.88 Å². The second kappa shape index (κ2) is 5.15. The summed E-state index contributed by atoms with van der Waals surface area (Å²) in [5.41, 5.74) is 0.349. The van der Waals surface area contributed by atoms with Crippen molar-refractivity contribution in [1.29, 1.82) is 5.26 Å². The molecule has 2 rings (SSSR count). The quantitative estimate of drug-likeness (QED) is 0.769. The topological polar surface area (TPSA) is 57.0 Å². The minimum Gasteiger partial charge on any atom is -0.333 e. The van der Waals surface area contributed by atoms with Gasteiger partial charge in [-0.15, -0.1) is 0 Å². The number of hydrogen-bond donors (Lipinski definition) is 0. The largest absolute Gasteiger partial charge is 0.333 e. The van der Waals surface area contributed by atoms with Gasteiger partial charge in [-0.2, -0.15) is 5.26 Å². The van der Waals surface area contributed by atoms with E-state index in [0.29, 0.717) is 23.8 Å². The SMILES string of the molecule is N#CCCN(C(=O)c1cccc(Cl)n1)C1CC1. The Bertz CT molecular complexity index is 465. The Morgan fingerprint density at radius 2 is 2.35 bits per heavy atom. The molecule has 0 spiro atoms. The lowest BCUT2D eigenvalue weighted by molar-refractivity contribution is 0.0741. The number of amides is 1. The lowest BCUT2D eigenvalue weighted by Crippen LogP contribution is -2.34. The predicted molar refractivity (Wildman–Crippen MR) is 63.5 cm³/mol. The normalized spacial score (nSPS) is 14.1. The van der Waals surface area contributed by atoms with Gasteiger partial charge < -0.3 is 4.90 Å². The van der Waals surface area contributed by atoms with Crippen LogP contribution in [-0.2, 0) is 0 Å². The molecule has 0 bridgehead atoms. The second-order valence-electron chi connectivity index (χ2n) is 3.98. The molecular weight excluding hydrogens is 238 g/mol. The van der Waals surface area contributed by atoms with E-state index in [9.17, 15) is 4.79 Å². The molecule has 0 unspecified atom stereocenters. The van der Waals surface area contributed by atoms with E-state index in [2.05, 4.69) is 11.1 Å². The molecule has 1 amide bonds. The summed E-state index contributed by atoms with van der Waals surface area (Å²) in [6.45, 7) is 0.466. The highest BCUT2D eigenvalue weighted by atomic mass is 35.5. The molecular formula is C12H12ClN3O. The average molecular weight is 250 g/mol. The first-order valence-electron chi connectivity index (χ1n) is 5.53. The van der Waals surface area contributed by atoms with Crippen LogP contribution in [0.15, 0.2) is 18.2 Å². The van der Waals surface area contributed by atoms with Crippen molar-refractivity contribution >= 4 is 17.5 Å². The maximum Gasteiger partial charge on any atom is 0.272 e. The molecule has 1 heterocycles. The number of aromatic nitrogens is 1. The number of hydrogen-bond acceptors (Lipinski definition) is 3. The summed E-state index contributed by atoms with van der Waals surface area (Å²) in [4.78, 5) is 17.9. The van der Waals surface area contributed by atoms with Crippen LogP contribution in [-0.4, -0.2) is 28.4 Å². The van der Waals surface area contributed by atoms with Crippen molar-refractivity contribution in [3.63, 3.8) is 0 Å². The minimum absolute atomic E-state index is 0.134. The first-order chi connectivity index (χ1) is 8.22. The van der Waals surface area contributed by atoms with Crippen molar-refractivity contribution in [2.24, 2.45) is 0 Å². The van der Waals surface area contributed by atoms with Crippen LogP contribution in [0.5, 0.6) is 0 Å². The smallest absolute Gasteiger partial charge is 0.272 e. The van der Waals surface area contributed by atoms with Crippen LogP contribution in [0, 0.1) is 11.3 Å². The third kappa shape index (κ3) is 2.95. The molecule has 0 N–H and O–H groups in total. The van der Waals surface area contributed by atoms with E-state index in [0.717, 1.165) is 12.8 Å². The summed E-state index contributed by atoms with van der Waals surface area (Å²) in [5.74, 6) is -0.134. The fraction of sp³-hybridized carbons (Fsp3) is 0.417. The molecule has 0 radical (unpaired) electrons. The molecule has 1 fully saturated rings. The lowest BCUT2D eigenvalue weighted by atomic mass is 10.3. The number of carbonyl (C=O) groups excluding carboxylic acids is 1. The first-order valence-corrected chi connectivity index (χ1v) is 5.90. The highest BCUT2D eigenvalue weighted by molar-refractivity contribution is 6.29.